The van der Waals surface area contributed by atoms with Gasteiger partial charge in [0.2, 0.25) is 5.91 Å². The molecule has 0 radical (unpaired) electrons. The van der Waals surface area contributed by atoms with E-state index < -0.39 is 0 Å². The summed E-state index contributed by atoms with van der Waals surface area (Å²) in [7, 11) is 0. The number of amides is 1. The Kier molecular flexibility index (Phi) is 1.42. The minimum Gasteiger partial charge on any atom is -0.369 e. The molecule has 4 atom stereocenters. The third-order valence-corrected chi connectivity index (χ3v) is 3.28. The molecule has 0 aromatic rings. The average Bonchev–Trinajstić information content (AvgIpc) is 2.26. The van der Waals surface area contributed by atoms with Crippen molar-refractivity contribution in [2.75, 3.05) is 0 Å². The van der Waals surface area contributed by atoms with Crippen molar-refractivity contribution >= 4 is 5.91 Å². The Bertz CT molecular complexity index is 193. The fourth-order valence-electron chi connectivity index (χ4n) is 2.51. The zero-order valence-corrected chi connectivity index (χ0v) is 6.49. The molecule has 0 aliphatic heterocycles. The van der Waals surface area contributed by atoms with E-state index in [9.17, 15) is 4.79 Å². The van der Waals surface area contributed by atoms with E-state index in [1.165, 1.54) is 0 Å². The molecule has 2 aliphatic carbocycles. The number of hydrogen-bond donors (Lipinski definition) is 2. The van der Waals surface area contributed by atoms with E-state index in [1.54, 1.807) is 0 Å². The van der Waals surface area contributed by atoms with Crippen molar-refractivity contribution < 1.29 is 4.79 Å². The molecule has 62 valence electrons. The van der Waals surface area contributed by atoms with Gasteiger partial charge in [-0.05, 0) is 31.1 Å². The molecule has 11 heavy (non-hydrogen) atoms. The topological polar surface area (TPSA) is 69.1 Å². The van der Waals surface area contributed by atoms with E-state index in [4.69, 9.17) is 11.5 Å². The van der Waals surface area contributed by atoms with Crippen LogP contribution in [-0.4, -0.2) is 11.9 Å². The van der Waals surface area contributed by atoms with E-state index in [2.05, 4.69) is 0 Å². The van der Waals surface area contributed by atoms with Crippen molar-refractivity contribution in [3.8, 4) is 0 Å². The minimum atomic E-state index is -0.133. The van der Waals surface area contributed by atoms with Gasteiger partial charge < -0.3 is 11.5 Å². The maximum Gasteiger partial charge on any atom is 0.220 e. The van der Waals surface area contributed by atoms with Crippen LogP contribution in [0.25, 0.3) is 0 Å². The second kappa shape index (κ2) is 2.21. The van der Waals surface area contributed by atoms with Crippen molar-refractivity contribution in [2.24, 2.45) is 29.2 Å². The second-order valence-corrected chi connectivity index (χ2v) is 3.89. The first kappa shape index (κ1) is 7.10. The average molecular weight is 154 g/mol. The molecular weight excluding hydrogens is 140 g/mol. The summed E-state index contributed by atoms with van der Waals surface area (Å²) in [5.74, 6) is 1.31. The van der Waals surface area contributed by atoms with Gasteiger partial charge in [0, 0.05) is 12.0 Å². The Hall–Kier alpha value is -0.570. The molecule has 1 amide bonds. The molecular formula is C8H14N2O. The van der Waals surface area contributed by atoms with E-state index in [0.29, 0.717) is 17.9 Å². The number of primary amides is 1. The summed E-state index contributed by atoms with van der Waals surface area (Å²) in [6, 6.07) is 0.351. The van der Waals surface area contributed by atoms with Crippen molar-refractivity contribution in [3.63, 3.8) is 0 Å². The zero-order valence-electron chi connectivity index (χ0n) is 6.49. The molecule has 0 spiro atoms. The summed E-state index contributed by atoms with van der Waals surface area (Å²) in [4.78, 5) is 10.8. The van der Waals surface area contributed by atoms with E-state index >= 15 is 0 Å². The Morgan fingerprint density at radius 1 is 1.27 bits per heavy atom. The molecule has 1 unspecified atom stereocenters. The molecule has 3 nitrogen and oxygen atoms in total. The number of carbonyl (C=O) groups is 1. The lowest BCUT2D eigenvalue weighted by molar-refractivity contribution is -0.121. The van der Waals surface area contributed by atoms with Crippen LogP contribution in [0.5, 0.6) is 0 Å². The summed E-state index contributed by atoms with van der Waals surface area (Å²) >= 11 is 0. The molecule has 0 aromatic heterocycles. The third-order valence-electron chi connectivity index (χ3n) is 3.28. The van der Waals surface area contributed by atoms with Crippen LogP contribution < -0.4 is 11.5 Å². The molecule has 0 aromatic carbocycles. The van der Waals surface area contributed by atoms with Gasteiger partial charge in [-0.15, -0.1) is 0 Å². The van der Waals surface area contributed by atoms with E-state index in [0.717, 1.165) is 19.3 Å². The van der Waals surface area contributed by atoms with E-state index in [-0.39, 0.29) is 11.8 Å². The van der Waals surface area contributed by atoms with Gasteiger partial charge in [-0.25, -0.2) is 0 Å². The second-order valence-electron chi connectivity index (χ2n) is 3.89. The normalized spacial score (nSPS) is 48.1. The van der Waals surface area contributed by atoms with Crippen LogP contribution in [0.3, 0.4) is 0 Å². The lowest BCUT2D eigenvalue weighted by Gasteiger charge is -2.37. The maximum absolute atomic E-state index is 10.8. The zero-order chi connectivity index (χ0) is 8.01. The smallest absolute Gasteiger partial charge is 0.220 e. The first-order valence-corrected chi connectivity index (χ1v) is 4.23. The fourth-order valence-corrected chi connectivity index (χ4v) is 2.51. The van der Waals surface area contributed by atoms with Crippen LogP contribution in [-0.2, 0) is 4.79 Å². The number of carbonyl (C=O) groups excluding carboxylic acids is 1. The lowest BCUT2D eigenvalue weighted by Crippen LogP contribution is -2.44. The minimum absolute atomic E-state index is 0.124. The van der Waals surface area contributed by atoms with Gasteiger partial charge in [-0.3, -0.25) is 4.79 Å². The molecule has 2 saturated carbocycles. The van der Waals surface area contributed by atoms with Gasteiger partial charge >= 0.3 is 0 Å². The summed E-state index contributed by atoms with van der Waals surface area (Å²) in [5, 5.41) is 0. The predicted octanol–water partition coefficient (Wildman–Crippen LogP) is -0.155. The Balaban J connectivity index is 1.98. The van der Waals surface area contributed by atoms with Crippen LogP contribution in [0.15, 0.2) is 0 Å². The van der Waals surface area contributed by atoms with Crippen molar-refractivity contribution in [1.82, 2.24) is 0 Å². The van der Waals surface area contributed by atoms with Gasteiger partial charge in [-0.1, -0.05) is 0 Å². The highest BCUT2D eigenvalue weighted by atomic mass is 16.1. The first-order chi connectivity index (χ1) is 5.18. The summed E-state index contributed by atoms with van der Waals surface area (Å²) < 4.78 is 0. The largest absolute Gasteiger partial charge is 0.369 e. The van der Waals surface area contributed by atoms with Crippen LogP contribution in [0.4, 0.5) is 0 Å². The molecule has 0 saturated heterocycles. The molecule has 0 bridgehead atoms. The lowest BCUT2D eigenvalue weighted by atomic mass is 9.72. The highest BCUT2D eigenvalue weighted by Gasteiger charge is 2.47. The van der Waals surface area contributed by atoms with Crippen molar-refractivity contribution in [3.05, 3.63) is 0 Å². The van der Waals surface area contributed by atoms with Gasteiger partial charge in [0.15, 0.2) is 0 Å². The highest BCUT2D eigenvalue weighted by Crippen LogP contribution is 2.48. The quantitative estimate of drug-likeness (QED) is 0.551. The fraction of sp³-hybridized carbons (Fsp3) is 0.875. The standard InChI is InChI=1S/C8H14N2O/c9-7-3-4-1-5(8(10)11)2-6(4)7/h4-7H,1-3,9H2,(H2,10,11)/t4-,5?,6-,7+/m0/s1. The molecule has 2 aliphatic rings. The Morgan fingerprint density at radius 3 is 2.45 bits per heavy atom. The summed E-state index contributed by atoms with van der Waals surface area (Å²) in [5.41, 5.74) is 11.0. The molecule has 4 N–H and O–H groups in total. The van der Waals surface area contributed by atoms with E-state index in [1.807, 2.05) is 0 Å². The van der Waals surface area contributed by atoms with Gasteiger partial charge in [0.05, 0.1) is 0 Å². The molecule has 2 rings (SSSR count). The van der Waals surface area contributed by atoms with Crippen LogP contribution in [0, 0.1) is 17.8 Å². The van der Waals surface area contributed by atoms with Gasteiger partial charge in [0.25, 0.3) is 0 Å². The Labute approximate surface area is 66.1 Å². The third kappa shape index (κ3) is 0.948. The summed E-state index contributed by atoms with van der Waals surface area (Å²) in [6.07, 6.45) is 3.04. The number of nitrogens with two attached hydrogens (primary N) is 2. The predicted molar refractivity (Wildman–Crippen MR) is 41.5 cm³/mol. The van der Waals surface area contributed by atoms with Gasteiger partial charge in [-0.2, -0.15) is 0 Å². The molecule has 2 fully saturated rings. The summed E-state index contributed by atoms with van der Waals surface area (Å²) in [6.45, 7) is 0. The van der Waals surface area contributed by atoms with Crippen LogP contribution in [0.1, 0.15) is 19.3 Å². The maximum atomic E-state index is 10.8. The molecule has 0 heterocycles. The monoisotopic (exact) mass is 154 g/mol. The van der Waals surface area contributed by atoms with Crippen LogP contribution in [0.2, 0.25) is 0 Å². The SMILES string of the molecule is NC(=O)C1C[C@H]2C[C@@H](N)[C@H]2C1. The van der Waals surface area contributed by atoms with Crippen molar-refractivity contribution in [1.29, 1.82) is 0 Å². The number of rotatable bonds is 1. The molecule has 3 heteroatoms. The number of fused-ring (bicyclic) bond motifs is 1. The van der Waals surface area contributed by atoms with Crippen molar-refractivity contribution in [2.45, 2.75) is 25.3 Å². The van der Waals surface area contributed by atoms with Gasteiger partial charge in [0.1, 0.15) is 0 Å². The number of hydrogen-bond acceptors (Lipinski definition) is 2. The van der Waals surface area contributed by atoms with Crippen LogP contribution >= 0.6 is 0 Å². The highest BCUT2D eigenvalue weighted by molar-refractivity contribution is 5.77. The Morgan fingerprint density at radius 2 is 2.00 bits per heavy atom. The first-order valence-electron chi connectivity index (χ1n) is 4.23.